The van der Waals surface area contributed by atoms with Crippen molar-refractivity contribution >= 4 is 27.6 Å². The van der Waals surface area contributed by atoms with Crippen LogP contribution in [0.2, 0.25) is 5.02 Å². The van der Waals surface area contributed by atoms with Crippen LogP contribution in [-0.4, -0.2) is 68.7 Å². The Kier molecular flexibility index (Phi) is 8.63. The Hall–Kier alpha value is -3.10. The summed E-state index contributed by atoms with van der Waals surface area (Å²) >= 11 is 5.91. The second-order valence-corrected chi connectivity index (χ2v) is 10.8. The zero-order valence-corrected chi connectivity index (χ0v) is 22.6. The van der Waals surface area contributed by atoms with E-state index in [2.05, 4.69) is 34.9 Å². The van der Waals surface area contributed by atoms with Crippen molar-refractivity contribution in [2.24, 2.45) is 0 Å². The van der Waals surface area contributed by atoms with Crippen LogP contribution >= 0.6 is 11.6 Å². The Bertz CT molecular complexity index is 1260. The molecule has 196 valence electrons. The fraction of sp³-hybridized carbons (Fsp3) is 0.524. The predicted molar refractivity (Wildman–Crippen MR) is 132 cm³/mol. The lowest BCUT2D eigenvalue weighted by atomic mass is 10.2. The monoisotopic (exact) mass is 540 g/mol. The molecule has 0 aromatic carbocycles. The Labute approximate surface area is 214 Å². The number of ether oxygens (including phenoxy) is 3. The number of aromatic nitrogens is 7. The van der Waals surface area contributed by atoms with E-state index < -0.39 is 21.4 Å². The molecule has 3 heterocycles. The van der Waals surface area contributed by atoms with E-state index in [0.29, 0.717) is 10.8 Å². The van der Waals surface area contributed by atoms with Crippen molar-refractivity contribution in [2.45, 2.75) is 58.0 Å². The zero-order valence-electron chi connectivity index (χ0n) is 21.0. The first-order valence-electron chi connectivity index (χ1n) is 11.0. The van der Waals surface area contributed by atoms with Crippen molar-refractivity contribution in [1.29, 1.82) is 0 Å². The van der Waals surface area contributed by atoms with Gasteiger partial charge in [-0.3, -0.25) is 9.29 Å². The number of hydrogen-bond donors (Lipinski definition) is 1. The van der Waals surface area contributed by atoms with Gasteiger partial charge in [0, 0.05) is 18.3 Å². The van der Waals surface area contributed by atoms with Crippen molar-refractivity contribution in [1.82, 2.24) is 34.7 Å². The van der Waals surface area contributed by atoms with Crippen molar-refractivity contribution < 1.29 is 22.6 Å². The van der Waals surface area contributed by atoms with Crippen molar-refractivity contribution in [3.05, 3.63) is 35.4 Å². The van der Waals surface area contributed by atoms with Crippen LogP contribution in [0.25, 0.3) is 5.69 Å². The van der Waals surface area contributed by atoms with Crippen LogP contribution in [0, 0.1) is 0 Å². The molecule has 0 bridgehead atoms. The molecular formula is C21H29ClN8O5S. The van der Waals surface area contributed by atoms with Gasteiger partial charge in [-0.2, -0.15) is 9.97 Å². The molecule has 0 fully saturated rings. The lowest BCUT2D eigenvalue weighted by molar-refractivity contribution is 0.00154. The number of halogens is 1. The van der Waals surface area contributed by atoms with Gasteiger partial charge in [0.05, 0.1) is 25.3 Å². The zero-order chi connectivity index (χ0) is 26.6. The molecule has 15 heteroatoms. The number of nitrogens with zero attached hydrogens (tertiary/aromatic N) is 7. The van der Waals surface area contributed by atoms with Crippen LogP contribution in [0.15, 0.2) is 18.7 Å². The van der Waals surface area contributed by atoms with Gasteiger partial charge in [-0.05, 0) is 20.8 Å². The highest BCUT2D eigenvalue weighted by molar-refractivity contribution is 7.93. The van der Waals surface area contributed by atoms with Gasteiger partial charge in [0.2, 0.25) is 27.7 Å². The summed E-state index contributed by atoms with van der Waals surface area (Å²) in [5.74, 6) is 0.651. The smallest absolute Gasteiger partial charge is 0.245 e. The van der Waals surface area contributed by atoms with Crippen molar-refractivity contribution in [2.75, 3.05) is 18.9 Å². The summed E-state index contributed by atoms with van der Waals surface area (Å²) in [7, 11) is -1.28. The van der Waals surface area contributed by atoms with Crippen molar-refractivity contribution in [3.8, 4) is 17.4 Å². The first-order chi connectivity index (χ1) is 17.0. The van der Waals surface area contributed by atoms with Crippen LogP contribution in [0.1, 0.15) is 58.3 Å². The number of methoxy groups -OCH3 is 2. The number of sulfonamides is 1. The maximum Gasteiger partial charge on any atom is 0.245 e. The van der Waals surface area contributed by atoms with E-state index in [4.69, 9.17) is 25.8 Å². The van der Waals surface area contributed by atoms with Crippen LogP contribution in [0.5, 0.6) is 11.8 Å². The predicted octanol–water partition coefficient (Wildman–Crippen LogP) is 2.94. The molecule has 3 aromatic heterocycles. The fourth-order valence-electron chi connectivity index (χ4n) is 3.32. The van der Waals surface area contributed by atoms with Gasteiger partial charge in [-0.15, -0.1) is 10.2 Å². The maximum atomic E-state index is 13.6. The standard InChI is InChI=1S/C21H29ClN8O5S/c1-11(2)18-27-28-21(30(18)15-19(33-6)25-10-26-20(15)34-7)29-36(31,32)13(5)16(35-12(3)4)17-23-8-14(22)9-24-17/h8-13,16H,1-7H3,(H,28,29)/t13-,16-/m0/s1. The molecular weight excluding hydrogens is 512 g/mol. The number of rotatable bonds is 11. The summed E-state index contributed by atoms with van der Waals surface area (Å²) in [5, 5.41) is 7.48. The minimum Gasteiger partial charge on any atom is -0.479 e. The first kappa shape index (κ1) is 27.5. The summed E-state index contributed by atoms with van der Waals surface area (Å²) in [6.07, 6.45) is 2.73. The van der Waals surface area contributed by atoms with Crippen molar-refractivity contribution in [3.63, 3.8) is 0 Å². The molecule has 1 N–H and O–H groups in total. The summed E-state index contributed by atoms with van der Waals surface area (Å²) in [6.45, 7) is 8.83. The van der Waals surface area contributed by atoms with Crippen LogP contribution in [-0.2, 0) is 14.8 Å². The third kappa shape index (κ3) is 5.82. The number of nitrogens with one attached hydrogen (secondary N) is 1. The van der Waals surface area contributed by atoms with Gasteiger partial charge in [0.1, 0.15) is 23.5 Å². The maximum absolute atomic E-state index is 13.6. The lowest BCUT2D eigenvalue weighted by Crippen LogP contribution is -2.35. The molecule has 0 amide bonds. The van der Waals surface area contributed by atoms with Gasteiger partial charge >= 0.3 is 0 Å². The summed E-state index contributed by atoms with van der Waals surface area (Å²) in [6, 6.07) is 0. The number of hydrogen-bond acceptors (Lipinski definition) is 11. The van der Waals surface area contributed by atoms with Gasteiger partial charge in [-0.1, -0.05) is 25.4 Å². The minimum absolute atomic E-state index is 0.0997. The molecule has 13 nitrogen and oxygen atoms in total. The molecule has 0 saturated carbocycles. The Morgan fingerprint density at radius 1 is 0.944 bits per heavy atom. The Morgan fingerprint density at radius 2 is 1.53 bits per heavy atom. The lowest BCUT2D eigenvalue weighted by Gasteiger charge is -2.25. The summed E-state index contributed by atoms with van der Waals surface area (Å²) in [4.78, 5) is 16.6. The highest BCUT2D eigenvalue weighted by atomic mass is 35.5. The highest BCUT2D eigenvalue weighted by Crippen LogP contribution is 2.34. The molecule has 2 atom stereocenters. The Balaban J connectivity index is 2.09. The van der Waals surface area contributed by atoms with Gasteiger partial charge in [0.25, 0.3) is 0 Å². The molecule has 0 aliphatic carbocycles. The average molecular weight is 541 g/mol. The molecule has 0 aliphatic rings. The average Bonchev–Trinajstić information content (AvgIpc) is 3.24. The third-order valence-electron chi connectivity index (χ3n) is 5.03. The highest BCUT2D eigenvalue weighted by Gasteiger charge is 2.36. The SMILES string of the molecule is COc1ncnc(OC)c1-n1c(NS(=O)(=O)[C@@H](C)[C@H](OC(C)C)c2ncc(Cl)cn2)nnc1C(C)C. The van der Waals surface area contributed by atoms with E-state index in [1.165, 1.54) is 44.4 Å². The molecule has 36 heavy (non-hydrogen) atoms. The fourth-order valence-corrected chi connectivity index (χ4v) is 4.50. The molecule has 0 aliphatic heterocycles. The van der Waals surface area contributed by atoms with Gasteiger partial charge in [0.15, 0.2) is 11.5 Å². The summed E-state index contributed by atoms with van der Waals surface area (Å²) < 4.78 is 47.9. The molecule has 0 saturated heterocycles. The van der Waals surface area contributed by atoms with E-state index in [1.54, 1.807) is 13.8 Å². The molecule has 0 unspecified atom stereocenters. The molecule has 0 radical (unpaired) electrons. The van der Waals surface area contributed by atoms with E-state index in [9.17, 15) is 8.42 Å². The van der Waals surface area contributed by atoms with Gasteiger partial charge in [-0.25, -0.2) is 18.4 Å². The van der Waals surface area contributed by atoms with E-state index in [0.717, 1.165) is 0 Å². The minimum atomic E-state index is -4.13. The second-order valence-electron chi connectivity index (χ2n) is 8.33. The topological polar surface area (TPSA) is 156 Å². The normalized spacial score (nSPS) is 13.6. The number of anilines is 1. The first-order valence-corrected chi connectivity index (χ1v) is 13.0. The van der Waals surface area contributed by atoms with E-state index in [1.807, 2.05) is 13.8 Å². The molecule has 3 aromatic rings. The molecule has 3 rings (SSSR count). The largest absolute Gasteiger partial charge is 0.479 e. The second kappa shape index (κ2) is 11.3. The Morgan fingerprint density at radius 3 is 2.03 bits per heavy atom. The van der Waals surface area contributed by atoms with Gasteiger partial charge < -0.3 is 14.2 Å². The molecule has 0 spiro atoms. The van der Waals surface area contributed by atoms with E-state index in [-0.39, 0.29) is 41.2 Å². The van der Waals surface area contributed by atoms with Crippen LogP contribution in [0.3, 0.4) is 0 Å². The quantitative estimate of drug-likeness (QED) is 0.381. The van der Waals surface area contributed by atoms with Crippen LogP contribution in [0.4, 0.5) is 5.95 Å². The van der Waals surface area contributed by atoms with Crippen LogP contribution < -0.4 is 14.2 Å². The summed E-state index contributed by atoms with van der Waals surface area (Å²) in [5.41, 5.74) is 0.248. The van der Waals surface area contributed by atoms with E-state index >= 15 is 0 Å². The third-order valence-corrected chi connectivity index (χ3v) is 6.92.